The van der Waals surface area contributed by atoms with Gasteiger partial charge in [0, 0.05) is 32.9 Å². The van der Waals surface area contributed by atoms with Crippen LogP contribution in [0.3, 0.4) is 0 Å². The van der Waals surface area contributed by atoms with Gasteiger partial charge in [0.05, 0.1) is 11.9 Å². The van der Waals surface area contributed by atoms with E-state index in [4.69, 9.17) is 4.74 Å². The summed E-state index contributed by atoms with van der Waals surface area (Å²) in [5.74, 6) is 0.256. The number of rotatable bonds is 4. The van der Waals surface area contributed by atoms with E-state index in [-0.39, 0.29) is 16.4 Å². The Morgan fingerprint density at radius 3 is 2.61 bits per heavy atom. The van der Waals surface area contributed by atoms with E-state index in [1.807, 2.05) is 12.1 Å². The lowest BCUT2D eigenvalue weighted by atomic mass is 9.78. The summed E-state index contributed by atoms with van der Waals surface area (Å²) >= 11 is 0. The second kappa shape index (κ2) is 7.57. The summed E-state index contributed by atoms with van der Waals surface area (Å²) in [4.78, 5) is 4.01. The molecule has 0 aliphatic carbocycles. The van der Waals surface area contributed by atoms with Crippen LogP contribution in [-0.4, -0.2) is 47.6 Å². The predicted octanol–water partition coefficient (Wildman–Crippen LogP) is 2.75. The largest absolute Gasteiger partial charge is 0.375 e. The third-order valence-corrected chi connectivity index (χ3v) is 7.74. The molecule has 0 N–H and O–H groups in total. The third kappa shape index (κ3) is 3.99. The molecule has 0 saturated carbocycles. The van der Waals surface area contributed by atoms with Crippen molar-refractivity contribution in [3.8, 4) is 0 Å². The van der Waals surface area contributed by atoms with Crippen molar-refractivity contribution in [3.63, 3.8) is 0 Å². The van der Waals surface area contributed by atoms with E-state index in [9.17, 15) is 12.8 Å². The third-order valence-electron chi connectivity index (χ3n) is 5.95. The Kier molecular flexibility index (Phi) is 5.28. The fourth-order valence-electron chi connectivity index (χ4n) is 4.39. The number of nitrogens with zero attached hydrogens (tertiary/aromatic N) is 3. The van der Waals surface area contributed by atoms with Crippen LogP contribution in [0.5, 0.6) is 0 Å². The van der Waals surface area contributed by atoms with Crippen LogP contribution >= 0.6 is 0 Å². The fourth-order valence-corrected chi connectivity index (χ4v) is 5.80. The molecule has 2 aliphatic heterocycles. The highest BCUT2D eigenvalue weighted by Crippen LogP contribution is 2.39. The molecule has 1 aromatic carbocycles. The van der Waals surface area contributed by atoms with Crippen LogP contribution in [0.1, 0.15) is 31.2 Å². The molecular formula is C20H26FN3O3S. The number of sulfonamides is 1. The summed E-state index contributed by atoms with van der Waals surface area (Å²) in [6, 6.07) is 6.70. The smallest absolute Gasteiger partial charge is 0.262 e. The Balaban J connectivity index is 1.39. The van der Waals surface area contributed by atoms with Gasteiger partial charge in [-0.15, -0.1) is 0 Å². The SMILES string of the molecule is Cn1cnc(S(=O)(=O)N2CCC3(CC2)CC(Cc2ccc(F)cc2)CCO3)c1. The van der Waals surface area contributed by atoms with Crippen molar-refractivity contribution in [2.24, 2.45) is 13.0 Å². The van der Waals surface area contributed by atoms with Gasteiger partial charge in [-0.2, -0.15) is 4.31 Å². The quantitative estimate of drug-likeness (QED) is 0.782. The van der Waals surface area contributed by atoms with Crippen LogP contribution in [0.25, 0.3) is 0 Å². The van der Waals surface area contributed by atoms with Crippen LogP contribution in [0.4, 0.5) is 4.39 Å². The molecule has 3 heterocycles. The Hall–Kier alpha value is -1.77. The monoisotopic (exact) mass is 407 g/mol. The van der Waals surface area contributed by atoms with Gasteiger partial charge < -0.3 is 9.30 Å². The first kappa shape index (κ1) is 19.5. The van der Waals surface area contributed by atoms with Crippen LogP contribution in [0.15, 0.2) is 41.8 Å². The molecule has 1 atom stereocenters. The van der Waals surface area contributed by atoms with Crippen molar-refractivity contribution in [1.29, 1.82) is 0 Å². The molecule has 6 nitrogen and oxygen atoms in total. The van der Waals surface area contributed by atoms with Gasteiger partial charge in [-0.25, -0.2) is 17.8 Å². The number of ether oxygens (including phenoxy) is 1. The standard InChI is InChI=1S/C20H26FN3O3S/c1-23-14-19(22-15-23)28(25,26)24-9-7-20(8-10-24)13-17(6-11-27-20)12-16-2-4-18(21)5-3-16/h2-5,14-15,17H,6-13H2,1H3. The minimum Gasteiger partial charge on any atom is -0.375 e. The van der Waals surface area contributed by atoms with E-state index in [0.29, 0.717) is 38.5 Å². The summed E-state index contributed by atoms with van der Waals surface area (Å²) in [5, 5.41) is 0.102. The van der Waals surface area contributed by atoms with Crippen molar-refractivity contribution in [3.05, 3.63) is 48.2 Å². The molecule has 1 spiro atoms. The van der Waals surface area contributed by atoms with Gasteiger partial charge in [-0.3, -0.25) is 0 Å². The first-order chi connectivity index (χ1) is 13.4. The molecule has 0 radical (unpaired) electrons. The van der Waals surface area contributed by atoms with Crippen LogP contribution in [-0.2, 0) is 28.2 Å². The zero-order chi connectivity index (χ0) is 19.8. The highest BCUT2D eigenvalue weighted by atomic mass is 32.2. The van der Waals surface area contributed by atoms with Crippen LogP contribution < -0.4 is 0 Å². The maximum atomic E-state index is 13.1. The van der Waals surface area contributed by atoms with E-state index in [2.05, 4.69) is 4.98 Å². The molecule has 2 saturated heterocycles. The zero-order valence-electron chi connectivity index (χ0n) is 16.1. The van der Waals surface area contributed by atoms with E-state index in [1.54, 1.807) is 11.6 Å². The van der Waals surface area contributed by atoms with Crippen molar-refractivity contribution >= 4 is 10.0 Å². The second-order valence-electron chi connectivity index (χ2n) is 8.00. The van der Waals surface area contributed by atoms with E-state index < -0.39 is 10.0 Å². The van der Waals surface area contributed by atoms with Gasteiger partial charge in [0.2, 0.25) is 0 Å². The number of hydrogen-bond acceptors (Lipinski definition) is 4. The molecule has 8 heteroatoms. The lowest BCUT2D eigenvalue weighted by Crippen LogP contribution is -2.51. The maximum Gasteiger partial charge on any atom is 0.262 e. The average molecular weight is 408 g/mol. The lowest BCUT2D eigenvalue weighted by molar-refractivity contribution is -0.120. The highest BCUT2D eigenvalue weighted by Gasteiger charge is 2.43. The number of aromatic nitrogens is 2. The minimum absolute atomic E-state index is 0.102. The topological polar surface area (TPSA) is 64.4 Å². The summed E-state index contributed by atoms with van der Waals surface area (Å²) < 4.78 is 48.0. The zero-order valence-corrected chi connectivity index (χ0v) is 16.9. The molecule has 2 aromatic rings. The van der Waals surface area contributed by atoms with E-state index >= 15 is 0 Å². The number of hydrogen-bond donors (Lipinski definition) is 0. The van der Waals surface area contributed by atoms with Gasteiger partial charge in [0.1, 0.15) is 5.82 Å². The molecule has 1 unspecified atom stereocenters. The number of halogens is 1. The number of benzene rings is 1. The number of piperidine rings is 1. The molecule has 152 valence electrons. The first-order valence-corrected chi connectivity index (χ1v) is 11.2. The fraction of sp³-hybridized carbons (Fsp3) is 0.550. The Morgan fingerprint density at radius 2 is 1.96 bits per heavy atom. The second-order valence-corrected chi connectivity index (χ2v) is 9.89. The van der Waals surface area contributed by atoms with Gasteiger partial charge in [0.25, 0.3) is 10.0 Å². The van der Waals surface area contributed by atoms with Crippen molar-refractivity contribution in [2.75, 3.05) is 19.7 Å². The Bertz CT molecular complexity index is 918. The Morgan fingerprint density at radius 1 is 1.25 bits per heavy atom. The first-order valence-electron chi connectivity index (χ1n) is 9.73. The van der Waals surface area contributed by atoms with E-state index in [1.165, 1.54) is 29.0 Å². The van der Waals surface area contributed by atoms with Crippen molar-refractivity contribution in [2.45, 2.75) is 42.7 Å². The minimum atomic E-state index is -3.55. The normalized spacial score (nSPS) is 23.1. The summed E-state index contributed by atoms with van der Waals surface area (Å²) in [5.41, 5.74) is 0.887. The van der Waals surface area contributed by atoms with Crippen molar-refractivity contribution in [1.82, 2.24) is 13.9 Å². The summed E-state index contributed by atoms with van der Waals surface area (Å²) in [7, 11) is -1.79. The molecule has 0 amide bonds. The summed E-state index contributed by atoms with van der Waals surface area (Å²) in [6.45, 7) is 1.59. The van der Waals surface area contributed by atoms with Gasteiger partial charge in [0.15, 0.2) is 5.03 Å². The number of aryl methyl sites for hydroxylation is 1. The molecule has 4 rings (SSSR count). The van der Waals surface area contributed by atoms with Crippen LogP contribution in [0.2, 0.25) is 0 Å². The Labute approximate surface area is 165 Å². The van der Waals surface area contributed by atoms with Gasteiger partial charge >= 0.3 is 0 Å². The predicted molar refractivity (Wildman–Crippen MR) is 103 cm³/mol. The maximum absolute atomic E-state index is 13.1. The summed E-state index contributed by atoms with van der Waals surface area (Å²) in [6.07, 6.45) is 7.23. The van der Waals surface area contributed by atoms with E-state index in [0.717, 1.165) is 24.8 Å². The van der Waals surface area contributed by atoms with Crippen LogP contribution in [0, 0.1) is 11.7 Å². The lowest BCUT2D eigenvalue weighted by Gasteiger charge is -2.45. The molecule has 2 aliphatic rings. The molecule has 0 bridgehead atoms. The molecular weight excluding hydrogens is 381 g/mol. The molecule has 1 aromatic heterocycles. The van der Waals surface area contributed by atoms with Gasteiger partial charge in [-0.1, -0.05) is 12.1 Å². The molecule has 2 fully saturated rings. The van der Waals surface area contributed by atoms with Crippen molar-refractivity contribution < 1.29 is 17.5 Å². The highest BCUT2D eigenvalue weighted by molar-refractivity contribution is 7.89. The average Bonchev–Trinajstić information content (AvgIpc) is 3.12. The number of imidazole rings is 1. The van der Waals surface area contributed by atoms with Gasteiger partial charge in [-0.05, 0) is 55.7 Å². The molecule has 28 heavy (non-hydrogen) atoms.